The molecule has 1 fully saturated rings. The molecule has 0 unspecified atom stereocenters. The molecule has 2 rings (SSSR count). The number of rotatable bonds is 5. The van der Waals surface area contributed by atoms with E-state index in [1.165, 1.54) is 25.7 Å². The van der Waals surface area contributed by atoms with Gasteiger partial charge in [0.05, 0.1) is 5.69 Å². The lowest BCUT2D eigenvalue weighted by Gasteiger charge is -2.10. The molecule has 1 heterocycles. The highest BCUT2D eigenvalue weighted by atomic mass is 16.4. The maximum atomic E-state index is 11.1. The maximum absolute atomic E-state index is 11.1. The highest BCUT2D eigenvalue weighted by Gasteiger charge is 2.18. The average Bonchev–Trinajstić information content (AvgIpc) is 2.95. The molecular formula is C13H21N3O2. The van der Waals surface area contributed by atoms with Crippen molar-refractivity contribution in [3.8, 4) is 0 Å². The van der Waals surface area contributed by atoms with Crippen LogP contribution in [0.1, 0.15) is 61.8 Å². The number of hydrogen-bond donors (Lipinski definition) is 2. The number of aromatic nitrogens is 2. The van der Waals surface area contributed by atoms with E-state index in [4.69, 9.17) is 5.11 Å². The predicted molar refractivity (Wildman–Crippen MR) is 68.7 cm³/mol. The summed E-state index contributed by atoms with van der Waals surface area (Å²) in [5.41, 5.74) is 1.08. The Morgan fingerprint density at radius 1 is 1.56 bits per heavy atom. The fraction of sp³-hybridized carbons (Fsp3) is 0.692. The van der Waals surface area contributed by atoms with Crippen LogP contribution in [-0.2, 0) is 6.54 Å². The van der Waals surface area contributed by atoms with Crippen LogP contribution in [0.5, 0.6) is 0 Å². The minimum Gasteiger partial charge on any atom is -0.477 e. The zero-order valence-electron chi connectivity index (χ0n) is 11.0. The Balaban J connectivity index is 2.04. The Labute approximate surface area is 107 Å². The van der Waals surface area contributed by atoms with Gasteiger partial charge in [-0.05, 0) is 32.8 Å². The third-order valence-electron chi connectivity index (χ3n) is 3.42. The number of carboxylic acid groups (broad SMARTS) is 1. The number of carbonyl (C=O) groups is 1. The number of nitrogens with one attached hydrogen (secondary N) is 1. The highest BCUT2D eigenvalue weighted by molar-refractivity contribution is 5.85. The molecule has 0 aliphatic heterocycles. The number of hydrogen-bond acceptors (Lipinski definition) is 3. The third-order valence-corrected chi connectivity index (χ3v) is 3.42. The van der Waals surface area contributed by atoms with E-state index < -0.39 is 5.97 Å². The van der Waals surface area contributed by atoms with Crippen molar-refractivity contribution < 1.29 is 9.90 Å². The van der Waals surface area contributed by atoms with Gasteiger partial charge in [-0.3, -0.25) is 4.68 Å². The topological polar surface area (TPSA) is 67.2 Å². The summed E-state index contributed by atoms with van der Waals surface area (Å²) in [7, 11) is 0. The van der Waals surface area contributed by atoms with Crippen LogP contribution < -0.4 is 5.32 Å². The minimum atomic E-state index is -0.914. The second-order valence-corrected chi connectivity index (χ2v) is 5.23. The maximum Gasteiger partial charge on any atom is 0.354 e. The molecule has 0 saturated heterocycles. The van der Waals surface area contributed by atoms with E-state index >= 15 is 0 Å². The van der Waals surface area contributed by atoms with Crippen LogP contribution in [0, 0.1) is 0 Å². The molecule has 1 aromatic rings. The molecule has 0 aromatic carbocycles. The molecule has 1 aliphatic rings. The van der Waals surface area contributed by atoms with Gasteiger partial charge in [0.2, 0.25) is 0 Å². The molecular weight excluding hydrogens is 230 g/mol. The van der Waals surface area contributed by atoms with Crippen molar-refractivity contribution in [3.63, 3.8) is 0 Å². The van der Waals surface area contributed by atoms with Crippen molar-refractivity contribution in [2.75, 3.05) is 0 Å². The lowest BCUT2D eigenvalue weighted by atomic mass is 10.2. The molecule has 0 atom stereocenters. The van der Waals surface area contributed by atoms with E-state index in [1.54, 1.807) is 10.7 Å². The van der Waals surface area contributed by atoms with Gasteiger partial charge in [-0.25, -0.2) is 4.79 Å². The highest BCUT2D eigenvalue weighted by Crippen LogP contribution is 2.18. The van der Waals surface area contributed by atoms with Gasteiger partial charge in [-0.2, -0.15) is 5.10 Å². The molecule has 1 aromatic heterocycles. The van der Waals surface area contributed by atoms with Gasteiger partial charge in [0.25, 0.3) is 0 Å². The average molecular weight is 251 g/mol. The van der Waals surface area contributed by atoms with Crippen molar-refractivity contribution >= 4 is 5.97 Å². The Kier molecular flexibility index (Phi) is 4.01. The SMILES string of the molecule is CC(C)n1nc(CNC2CCCC2)cc1C(=O)O. The van der Waals surface area contributed by atoms with Crippen molar-refractivity contribution in [1.29, 1.82) is 0 Å². The standard InChI is InChI=1S/C13H21N3O2/c1-9(2)16-12(13(17)18)7-11(15-16)8-14-10-5-3-4-6-10/h7,9-10,14H,3-6,8H2,1-2H3,(H,17,18). The van der Waals surface area contributed by atoms with E-state index in [-0.39, 0.29) is 11.7 Å². The fourth-order valence-electron chi connectivity index (χ4n) is 2.46. The van der Waals surface area contributed by atoms with Gasteiger partial charge in [0, 0.05) is 18.6 Å². The Hall–Kier alpha value is -1.36. The molecule has 1 saturated carbocycles. The predicted octanol–water partition coefficient (Wildman–Crippen LogP) is 2.19. The lowest BCUT2D eigenvalue weighted by Crippen LogP contribution is -2.25. The molecule has 0 amide bonds. The van der Waals surface area contributed by atoms with E-state index in [0.717, 1.165) is 5.69 Å². The molecule has 0 bridgehead atoms. The molecule has 0 radical (unpaired) electrons. The Morgan fingerprint density at radius 3 is 2.72 bits per heavy atom. The van der Waals surface area contributed by atoms with Gasteiger partial charge in [-0.15, -0.1) is 0 Å². The van der Waals surface area contributed by atoms with Gasteiger partial charge in [-0.1, -0.05) is 12.8 Å². The lowest BCUT2D eigenvalue weighted by molar-refractivity contribution is 0.0681. The van der Waals surface area contributed by atoms with Crippen LogP contribution >= 0.6 is 0 Å². The monoisotopic (exact) mass is 251 g/mol. The summed E-state index contributed by atoms with van der Waals surface area (Å²) in [5.74, 6) is -0.914. The van der Waals surface area contributed by atoms with Gasteiger partial charge < -0.3 is 10.4 Å². The van der Waals surface area contributed by atoms with Crippen LogP contribution in [-0.4, -0.2) is 26.9 Å². The summed E-state index contributed by atoms with van der Waals surface area (Å²) < 4.78 is 1.58. The Morgan fingerprint density at radius 2 is 2.22 bits per heavy atom. The Bertz CT molecular complexity index is 420. The summed E-state index contributed by atoms with van der Waals surface area (Å²) in [5, 5.41) is 16.9. The van der Waals surface area contributed by atoms with Gasteiger partial charge in [0.1, 0.15) is 5.69 Å². The normalized spacial score (nSPS) is 16.6. The van der Waals surface area contributed by atoms with Crippen molar-refractivity contribution in [2.24, 2.45) is 0 Å². The first-order valence-electron chi connectivity index (χ1n) is 6.63. The van der Waals surface area contributed by atoms with Crippen LogP contribution in [0.15, 0.2) is 6.07 Å². The summed E-state index contributed by atoms with van der Waals surface area (Å²) in [6.07, 6.45) is 5.02. The van der Waals surface area contributed by atoms with Gasteiger partial charge >= 0.3 is 5.97 Å². The quantitative estimate of drug-likeness (QED) is 0.841. The van der Waals surface area contributed by atoms with E-state index in [0.29, 0.717) is 12.6 Å². The first kappa shape index (κ1) is 13.1. The molecule has 18 heavy (non-hydrogen) atoms. The van der Waals surface area contributed by atoms with Crippen molar-refractivity contribution in [3.05, 3.63) is 17.5 Å². The van der Waals surface area contributed by atoms with Crippen molar-refractivity contribution in [2.45, 2.75) is 58.2 Å². The number of aromatic carboxylic acids is 1. The van der Waals surface area contributed by atoms with Crippen LogP contribution in [0.4, 0.5) is 0 Å². The van der Waals surface area contributed by atoms with Crippen LogP contribution in [0.25, 0.3) is 0 Å². The summed E-state index contributed by atoms with van der Waals surface area (Å²) >= 11 is 0. The summed E-state index contributed by atoms with van der Waals surface area (Å²) in [4.78, 5) is 11.1. The molecule has 100 valence electrons. The molecule has 1 aliphatic carbocycles. The first-order chi connectivity index (χ1) is 8.58. The third kappa shape index (κ3) is 2.90. The van der Waals surface area contributed by atoms with Crippen LogP contribution in [0.2, 0.25) is 0 Å². The zero-order valence-corrected chi connectivity index (χ0v) is 11.0. The smallest absolute Gasteiger partial charge is 0.354 e. The first-order valence-corrected chi connectivity index (χ1v) is 6.63. The van der Waals surface area contributed by atoms with E-state index in [9.17, 15) is 4.79 Å². The largest absolute Gasteiger partial charge is 0.477 e. The van der Waals surface area contributed by atoms with Gasteiger partial charge in [0.15, 0.2) is 0 Å². The number of nitrogens with zero attached hydrogens (tertiary/aromatic N) is 2. The summed E-state index contributed by atoms with van der Waals surface area (Å²) in [6.45, 7) is 4.53. The van der Waals surface area contributed by atoms with E-state index in [2.05, 4.69) is 10.4 Å². The molecule has 2 N–H and O–H groups in total. The summed E-state index contributed by atoms with van der Waals surface area (Å²) in [6, 6.07) is 2.31. The zero-order chi connectivity index (χ0) is 13.1. The molecule has 0 spiro atoms. The molecule has 5 heteroatoms. The van der Waals surface area contributed by atoms with Crippen molar-refractivity contribution in [1.82, 2.24) is 15.1 Å². The second-order valence-electron chi connectivity index (χ2n) is 5.23. The minimum absolute atomic E-state index is 0.0660. The number of carboxylic acids is 1. The van der Waals surface area contributed by atoms with E-state index in [1.807, 2.05) is 13.8 Å². The second kappa shape index (κ2) is 5.52. The fourth-order valence-corrected chi connectivity index (χ4v) is 2.46. The van der Waals surface area contributed by atoms with Crippen LogP contribution in [0.3, 0.4) is 0 Å². The molecule has 5 nitrogen and oxygen atoms in total.